The Morgan fingerprint density at radius 2 is 1.84 bits per heavy atom. The molecule has 0 aromatic heterocycles. The Bertz CT molecular complexity index is 366. The summed E-state index contributed by atoms with van der Waals surface area (Å²) in [5.41, 5.74) is 0. The molecule has 2 bridgehead atoms. The van der Waals surface area contributed by atoms with Crippen LogP contribution in [0.4, 0.5) is 0 Å². The number of fused-ring (bicyclic) bond motifs is 5. The van der Waals surface area contributed by atoms with E-state index in [0.717, 1.165) is 36.3 Å². The van der Waals surface area contributed by atoms with E-state index in [1.807, 2.05) is 0 Å². The first kappa shape index (κ1) is 12.2. The van der Waals surface area contributed by atoms with Gasteiger partial charge in [-0.15, -0.1) is 0 Å². The molecule has 3 nitrogen and oxygen atoms in total. The number of carbonyl (C=O) groups excluding carboxylic acids is 1. The van der Waals surface area contributed by atoms with E-state index in [2.05, 4.69) is 10.6 Å². The lowest BCUT2D eigenvalue weighted by molar-refractivity contribution is -0.121. The summed E-state index contributed by atoms with van der Waals surface area (Å²) in [7, 11) is 0. The highest BCUT2D eigenvalue weighted by Crippen LogP contribution is 2.58. The van der Waals surface area contributed by atoms with Gasteiger partial charge in [-0.1, -0.05) is 6.42 Å². The van der Waals surface area contributed by atoms with E-state index in [4.69, 9.17) is 0 Å². The first-order valence-electron chi connectivity index (χ1n) is 8.34. The minimum atomic E-state index is 0.247. The summed E-state index contributed by atoms with van der Waals surface area (Å²) in [6.45, 7) is 0.879. The Hall–Kier alpha value is -0.570. The van der Waals surface area contributed by atoms with Gasteiger partial charge in [-0.3, -0.25) is 4.79 Å². The predicted molar refractivity (Wildman–Crippen MR) is 74.6 cm³/mol. The average Bonchev–Trinajstić information content (AvgIpc) is 2.84. The van der Waals surface area contributed by atoms with Crippen molar-refractivity contribution in [2.45, 2.75) is 63.5 Å². The van der Waals surface area contributed by atoms with Gasteiger partial charge in [-0.25, -0.2) is 0 Å². The number of hydrogen-bond donors (Lipinski definition) is 2. The predicted octanol–water partition coefficient (Wildman–Crippen LogP) is 2.07. The highest BCUT2D eigenvalue weighted by Gasteiger charge is 2.53. The van der Waals surface area contributed by atoms with Crippen LogP contribution in [0.5, 0.6) is 0 Å². The molecule has 4 aliphatic carbocycles. The maximum absolute atomic E-state index is 11.7. The van der Waals surface area contributed by atoms with Crippen molar-refractivity contribution < 1.29 is 4.79 Å². The second-order valence-electron chi connectivity index (χ2n) is 7.31. The summed E-state index contributed by atoms with van der Waals surface area (Å²) in [5.74, 6) is 4.29. The number of amides is 1. The first-order chi connectivity index (χ1) is 9.31. The topological polar surface area (TPSA) is 41.1 Å². The van der Waals surface area contributed by atoms with Crippen molar-refractivity contribution >= 4 is 5.91 Å². The van der Waals surface area contributed by atoms with Gasteiger partial charge in [0.1, 0.15) is 0 Å². The fourth-order valence-electron chi connectivity index (χ4n) is 5.20. The van der Waals surface area contributed by atoms with Crippen molar-refractivity contribution in [3.05, 3.63) is 0 Å². The van der Waals surface area contributed by atoms with Crippen LogP contribution in [0.15, 0.2) is 0 Å². The van der Waals surface area contributed by atoms with Gasteiger partial charge in [0.05, 0.1) is 0 Å². The number of rotatable bonds is 5. The minimum Gasteiger partial charge on any atom is -0.353 e. The third kappa shape index (κ3) is 2.31. The van der Waals surface area contributed by atoms with Crippen LogP contribution in [0.1, 0.15) is 51.4 Å². The van der Waals surface area contributed by atoms with Crippen molar-refractivity contribution in [2.24, 2.45) is 23.7 Å². The molecule has 3 heteroatoms. The Kier molecular flexibility index (Phi) is 3.06. The lowest BCUT2D eigenvalue weighted by Gasteiger charge is -2.32. The van der Waals surface area contributed by atoms with Gasteiger partial charge in [0.25, 0.3) is 0 Å². The van der Waals surface area contributed by atoms with Gasteiger partial charge in [0.2, 0.25) is 5.91 Å². The fourth-order valence-corrected chi connectivity index (χ4v) is 5.20. The first-order valence-corrected chi connectivity index (χ1v) is 8.34. The van der Waals surface area contributed by atoms with Crippen LogP contribution in [-0.4, -0.2) is 24.5 Å². The van der Waals surface area contributed by atoms with Gasteiger partial charge < -0.3 is 10.6 Å². The quantitative estimate of drug-likeness (QED) is 0.796. The molecule has 0 radical (unpaired) electrons. The molecule has 0 aromatic carbocycles. The maximum atomic E-state index is 11.7. The Morgan fingerprint density at radius 3 is 2.68 bits per heavy atom. The van der Waals surface area contributed by atoms with E-state index in [9.17, 15) is 4.79 Å². The molecule has 1 amide bonds. The second-order valence-corrected chi connectivity index (χ2v) is 7.31. The molecule has 5 unspecified atom stereocenters. The fraction of sp³-hybridized carbons (Fsp3) is 0.938. The molecule has 0 aliphatic heterocycles. The zero-order chi connectivity index (χ0) is 12.8. The van der Waals surface area contributed by atoms with E-state index in [1.54, 1.807) is 0 Å². The number of carbonyl (C=O) groups is 1. The molecule has 2 N–H and O–H groups in total. The van der Waals surface area contributed by atoms with Crippen molar-refractivity contribution in [3.63, 3.8) is 0 Å². The molecule has 4 saturated carbocycles. The second kappa shape index (κ2) is 4.76. The van der Waals surface area contributed by atoms with E-state index < -0.39 is 0 Å². The van der Waals surface area contributed by atoms with Crippen LogP contribution in [0.3, 0.4) is 0 Å². The average molecular weight is 262 g/mol. The monoisotopic (exact) mass is 262 g/mol. The van der Waals surface area contributed by atoms with Crippen LogP contribution in [0.2, 0.25) is 0 Å². The van der Waals surface area contributed by atoms with Gasteiger partial charge in [0, 0.05) is 25.0 Å². The van der Waals surface area contributed by atoms with Crippen molar-refractivity contribution in [1.29, 1.82) is 0 Å². The summed E-state index contributed by atoms with van der Waals surface area (Å²) >= 11 is 0. The van der Waals surface area contributed by atoms with Crippen LogP contribution >= 0.6 is 0 Å². The van der Waals surface area contributed by atoms with Gasteiger partial charge in [0.15, 0.2) is 0 Å². The molecule has 4 fully saturated rings. The molecule has 106 valence electrons. The van der Waals surface area contributed by atoms with Crippen LogP contribution in [0.25, 0.3) is 0 Å². The SMILES string of the molecule is O=C(CCNC1CC2CC1C1CCCC21)NC1CC1. The summed E-state index contributed by atoms with van der Waals surface area (Å²) < 4.78 is 0. The van der Waals surface area contributed by atoms with E-state index in [-0.39, 0.29) is 5.91 Å². The zero-order valence-electron chi connectivity index (χ0n) is 11.7. The largest absolute Gasteiger partial charge is 0.353 e. The molecular formula is C16H26N2O. The van der Waals surface area contributed by atoms with Gasteiger partial charge >= 0.3 is 0 Å². The summed E-state index contributed by atoms with van der Waals surface area (Å²) in [5, 5.41) is 6.76. The normalized spacial score (nSPS) is 43.5. The standard InChI is InChI=1S/C16H26N2O/c19-16(18-11-4-5-11)6-7-17-15-9-10-8-14(15)13-3-1-2-12(10)13/h10-15,17H,1-9H2,(H,18,19). The van der Waals surface area contributed by atoms with Crippen molar-refractivity contribution in [1.82, 2.24) is 10.6 Å². The molecule has 4 rings (SSSR count). The van der Waals surface area contributed by atoms with Gasteiger partial charge in [-0.2, -0.15) is 0 Å². The minimum absolute atomic E-state index is 0.247. The van der Waals surface area contributed by atoms with Gasteiger partial charge in [-0.05, 0) is 62.2 Å². The number of nitrogens with one attached hydrogen (secondary N) is 2. The van der Waals surface area contributed by atoms with Crippen molar-refractivity contribution in [3.8, 4) is 0 Å². The third-order valence-electron chi connectivity index (χ3n) is 6.13. The Morgan fingerprint density at radius 1 is 1.00 bits per heavy atom. The highest BCUT2D eigenvalue weighted by atomic mass is 16.1. The molecule has 4 aliphatic rings. The Labute approximate surface area is 115 Å². The zero-order valence-corrected chi connectivity index (χ0v) is 11.7. The van der Waals surface area contributed by atoms with Crippen LogP contribution in [0, 0.1) is 23.7 Å². The maximum Gasteiger partial charge on any atom is 0.221 e. The molecule has 0 saturated heterocycles. The number of hydrogen-bond acceptors (Lipinski definition) is 2. The molecular weight excluding hydrogens is 236 g/mol. The highest BCUT2D eigenvalue weighted by molar-refractivity contribution is 5.76. The summed E-state index contributed by atoms with van der Waals surface area (Å²) in [6, 6.07) is 1.23. The smallest absolute Gasteiger partial charge is 0.221 e. The van der Waals surface area contributed by atoms with Crippen molar-refractivity contribution in [2.75, 3.05) is 6.54 Å². The van der Waals surface area contributed by atoms with E-state index >= 15 is 0 Å². The van der Waals surface area contributed by atoms with Crippen LogP contribution in [-0.2, 0) is 4.79 Å². The van der Waals surface area contributed by atoms with E-state index in [1.165, 1.54) is 44.9 Å². The summed E-state index contributed by atoms with van der Waals surface area (Å²) in [6.07, 6.45) is 10.4. The molecule has 0 heterocycles. The third-order valence-corrected chi connectivity index (χ3v) is 6.13. The Balaban J connectivity index is 1.22. The molecule has 19 heavy (non-hydrogen) atoms. The summed E-state index contributed by atoms with van der Waals surface area (Å²) in [4.78, 5) is 11.7. The molecule has 0 aromatic rings. The lowest BCUT2D eigenvalue weighted by atomic mass is 9.79. The molecule has 0 spiro atoms. The molecule has 5 atom stereocenters. The lowest BCUT2D eigenvalue weighted by Crippen LogP contribution is -2.41. The van der Waals surface area contributed by atoms with Crippen LogP contribution < -0.4 is 10.6 Å². The van der Waals surface area contributed by atoms with E-state index in [0.29, 0.717) is 12.5 Å².